The number of para-hydroxylation sites is 1. The maximum atomic E-state index is 9.05. The molecule has 1 aliphatic carbocycles. The van der Waals surface area contributed by atoms with Crippen molar-refractivity contribution in [3.63, 3.8) is 0 Å². The molecule has 0 radical (unpaired) electrons. The van der Waals surface area contributed by atoms with Crippen LogP contribution in [0.15, 0.2) is 18.2 Å². The fourth-order valence-corrected chi connectivity index (χ4v) is 2.59. The van der Waals surface area contributed by atoms with Crippen LogP contribution in [0.1, 0.15) is 30.7 Å². The van der Waals surface area contributed by atoms with Crippen molar-refractivity contribution in [2.75, 3.05) is 7.11 Å². The van der Waals surface area contributed by atoms with Gasteiger partial charge in [0, 0.05) is 13.5 Å². The lowest BCUT2D eigenvalue weighted by Gasteiger charge is -2.39. The van der Waals surface area contributed by atoms with Crippen LogP contribution in [0.4, 0.5) is 0 Å². The average Bonchev–Trinajstić information content (AvgIpc) is 2.75. The third-order valence-electron chi connectivity index (χ3n) is 3.87. The van der Waals surface area contributed by atoms with Gasteiger partial charge in [0.05, 0.1) is 16.7 Å². The van der Waals surface area contributed by atoms with Crippen molar-refractivity contribution in [3.05, 3.63) is 29.6 Å². The molecule has 2 aromatic rings. The van der Waals surface area contributed by atoms with Gasteiger partial charge in [0.1, 0.15) is 17.4 Å². The summed E-state index contributed by atoms with van der Waals surface area (Å²) in [7, 11) is 1.77. The number of hydrogen-bond acceptors (Lipinski definition) is 3. The molecule has 1 aliphatic rings. The number of aromatic nitrogens is 2. The van der Waals surface area contributed by atoms with Crippen LogP contribution in [0.3, 0.4) is 0 Å². The highest BCUT2D eigenvalue weighted by atomic mass is 16.5. The molecule has 3 rings (SSSR count). The summed E-state index contributed by atoms with van der Waals surface area (Å²) in [6.07, 6.45) is 4.19. The smallest absolute Gasteiger partial charge is 0.110 e. The van der Waals surface area contributed by atoms with E-state index < -0.39 is 0 Å². The number of ether oxygens (including phenoxy) is 1. The molecule has 0 atom stereocenters. The third-order valence-corrected chi connectivity index (χ3v) is 3.87. The second-order valence-electron chi connectivity index (χ2n) is 4.91. The van der Waals surface area contributed by atoms with Crippen molar-refractivity contribution in [2.45, 2.75) is 31.3 Å². The molecule has 18 heavy (non-hydrogen) atoms. The normalized spacial score (nSPS) is 17.3. The molecule has 0 saturated heterocycles. The molecule has 4 heteroatoms. The first-order chi connectivity index (χ1) is 8.76. The number of benzene rings is 1. The van der Waals surface area contributed by atoms with Gasteiger partial charge in [-0.2, -0.15) is 5.26 Å². The molecule has 0 spiro atoms. The minimum atomic E-state index is -0.0410. The number of rotatable bonds is 3. The number of H-pyrrole nitrogens is 1. The highest BCUT2D eigenvalue weighted by molar-refractivity contribution is 5.81. The van der Waals surface area contributed by atoms with Crippen molar-refractivity contribution in [1.82, 2.24) is 9.97 Å². The summed E-state index contributed by atoms with van der Waals surface area (Å²) < 4.78 is 5.61. The van der Waals surface area contributed by atoms with Gasteiger partial charge in [0.2, 0.25) is 0 Å². The van der Waals surface area contributed by atoms with Gasteiger partial charge in [-0.25, -0.2) is 4.98 Å². The van der Waals surface area contributed by atoms with Crippen LogP contribution in [0.5, 0.6) is 0 Å². The lowest BCUT2D eigenvalue weighted by atomic mass is 9.77. The average molecular weight is 241 g/mol. The fraction of sp³-hybridized carbons (Fsp3) is 0.429. The molecule has 1 aromatic carbocycles. The van der Waals surface area contributed by atoms with E-state index in [0.717, 1.165) is 36.1 Å². The molecule has 0 bridgehead atoms. The van der Waals surface area contributed by atoms with Crippen molar-refractivity contribution in [3.8, 4) is 6.07 Å². The molecular weight excluding hydrogens is 226 g/mol. The van der Waals surface area contributed by atoms with Crippen LogP contribution < -0.4 is 0 Å². The summed E-state index contributed by atoms with van der Waals surface area (Å²) in [6, 6.07) is 7.79. The van der Waals surface area contributed by atoms with Gasteiger partial charge in [-0.15, -0.1) is 0 Å². The molecule has 0 aliphatic heterocycles. The number of fused-ring (bicyclic) bond motifs is 1. The quantitative estimate of drug-likeness (QED) is 0.898. The lowest BCUT2D eigenvalue weighted by Crippen LogP contribution is -2.41. The Bertz CT molecular complexity index is 614. The first-order valence-electron chi connectivity index (χ1n) is 6.19. The van der Waals surface area contributed by atoms with Crippen LogP contribution >= 0.6 is 0 Å². The van der Waals surface area contributed by atoms with E-state index in [1.165, 1.54) is 6.42 Å². The SMILES string of the molecule is COC1(Cc2nc3c(C#N)cccc3[nH]2)CCC1. The first kappa shape index (κ1) is 11.2. The predicted molar refractivity (Wildman–Crippen MR) is 68.1 cm³/mol. The highest BCUT2D eigenvalue weighted by Crippen LogP contribution is 2.37. The van der Waals surface area contributed by atoms with Gasteiger partial charge < -0.3 is 9.72 Å². The van der Waals surface area contributed by atoms with Crippen molar-refractivity contribution in [1.29, 1.82) is 5.26 Å². The zero-order valence-corrected chi connectivity index (χ0v) is 10.4. The van der Waals surface area contributed by atoms with Crippen LogP contribution in [-0.4, -0.2) is 22.7 Å². The van der Waals surface area contributed by atoms with Gasteiger partial charge in [0.15, 0.2) is 0 Å². The number of hydrogen-bond donors (Lipinski definition) is 1. The van der Waals surface area contributed by atoms with E-state index in [-0.39, 0.29) is 5.60 Å². The van der Waals surface area contributed by atoms with Crippen molar-refractivity contribution in [2.24, 2.45) is 0 Å². The number of nitrogens with one attached hydrogen (secondary N) is 1. The number of nitriles is 1. The van der Waals surface area contributed by atoms with E-state index in [1.807, 2.05) is 12.1 Å². The Morgan fingerprint density at radius 2 is 2.33 bits per heavy atom. The molecule has 0 amide bonds. The second-order valence-corrected chi connectivity index (χ2v) is 4.91. The van der Waals surface area contributed by atoms with Gasteiger partial charge in [0.25, 0.3) is 0 Å². The number of aromatic amines is 1. The van der Waals surface area contributed by atoms with Crippen molar-refractivity contribution >= 4 is 11.0 Å². The Hall–Kier alpha value is -1.86. The van der Waals surface area contributed by atoms with Crippen molar-refractivity contribution < 1.29 is 4.74 Å². The topological polar surface area (TPSA) is 61.7 Å². The maximum absolute atomic E-state index is 9.05. The Kier molecular flexibility index (Phi) is 2.57. The standard InChI is InChI=1S/C14H15N3O/c1-18-14(6-3-7-14)8-12-16-11-5-2-4-10(9-15)13(11)17-12/h2,4-5H,3,6-8H2,1H3,(H,16,17). The minimum Gasteiger partial charge on any atom is -0.378 e. The van der Waals surface area contributed by atoms with E-state index in [0.29, 0.717) is 5.56 Å². The maximum Gasteiger partial charge on any atom is 0.110 e. The van der Waals surface area contributed by atoms with Crippen LogP contribution in [0.2, 0.25) is 0 Å². The van der Waals surface area contributed by atoms with Crippen LogP contribution in [0.25, 0.3) is 11.0 Å². The fourth-order valence-electron chi connectivity index (χ4n) is 2.59. The third kappa shape index (κ3) is 1.68. The van der Waals surface area contributed by atoms with E-state index in [9.17, 15) is 0 Å². The zero-order valence-electron chi connectivity index (χ0n) is 10.4. The molecule has 1 fully saturated rings. The molecule has 1 saturated carbocycles. The molecule has 1 aromatic heterocycles. The summed E-state index contributed by atoms with van der Waals surface area (Å²) in [4.78, 5) is 7.83. The zero-order chi connectivity index (χ0) is 12.6. The molecule has 0 unspecified atom stereocenters. The molecule has 4 nitrogen and oxygen atoms in total. The Morgan fingerprint density at radius 1 is 1.50 bits per heavy atom. The molecule has 92 valence electrons. The summed E-state index contributed by atoms with van der Waals surface area (Å²) in [5, 5.41) is 9.05. The van der Waals surface area contributed by atoms with E-state index >= 15 is 0 Å². The lowest BCUT2D eigenvalue weighted by molar-refractivity contribution is -0.0719. The Morgan fingerprint density at radius 3 is 2.94 bits per heavy atom. The van der Waals surface area contributed by atoms with E-state index in [2.05, 4.69) is 16.0 Å². The van der Waals surface area contributed by atoms with Gasteiger partial charge >= 0.3 is 0 Å². The number of nitrogens with zero attached hydrogens (tertiary/aromatic N) is 2. The largest absolute Gasteiger partial charge is 0.378 e. The van der Waals surface area contributed by atoms with E-state index in [1.54, 1.807) is 13.2 Å². The second kappa shape index (κ2) is 4.11. The van der Waals surface area contributed by atoms with Gasteiger partial charge in [-0.05, 0) is 31.4 Å². The monoisotopic (exact) mass is 241 g/mol. The Balaban J connectivity index is 1.97. The number of methoxy groups -OCH3 is 1. The first-order valence-corrected chi connectivity index (χ1v) is 6.19. The summed E-state index contributed by atoms with van der Waals surface area (Å²) in [6.45, 7) is 0. The van der Waals surface area contributed by atoms with Gasteiger partial charge in [-0.3, -0.25) is 0 Å². The van der Waals surface area contributed by atoms with Crippen LogP contribution in [-0.2, 0) is 11.2 Å². The summed E-state index contributed by atoms with van der Waals surface area (Å²) in [5.74, 6) is 0.911. The van der Waals surface area contributed by atoms with Crippen LogP contribution in [0, 0.1) is 11.3 Å². The number of imidazole rings is 1. The van der Waals surface area contributed by atoms with E-state index in [4.69, 9.17) is 10.00 Å². The molecular formula is C14H15N3O. The molecule has 1 heterocycles. The minimum absolute atomic E-state index is 0.0410. The molecule has 1 N–H and O–H groups in total. The summed E-state index contributed by atoms with van der Waals surface area (Å²) in [5.41, 5.74) is 2.27. The summed E-state index contributed by atoms with van der Waals surface area (Å²) >= 11 is 0. The Labute approximate surface area is 106 Å². The highest BCUT2D eigenvalue weighted by Gasteiger charge is 2.37. The van der Waals surface area contributed by atoms with Gasteiger partial charge in [-0.1, -0.05) is 6.07 Å². The predicted octanol–water partition coefficient (Wildman–Crippen LogP) is 2.55.